The Bertz CT molecular complexity index is 3660. The topological polar surface area (TPSA) is 51.8 Å². The van der Waals surface area contributed by atoms with E-state index in [0.29, 0.717) is 17.5 Å². The minimum absolute atomic E-state index is 0.595. The van der Waals surface area contributed by atoms with Crippen LogP contribution in [-0.4, -0.2) is 15.0 Å². The number of nitrogens with zero attached hydrogens (tertiary/aromatic N) is 3. The van der Waals surface area contributed by atoms with Crippen molar-refractivity contribution in [1.29, 1.82) is 0 Å². The molecule has 0 unspecified atom stereocenters. The van der Waals surface area contributed by atoms with Crippen LogP contribution in [0.1, 0.15) is 18.9 Å². The fourth-order valence-electron chi connectivity index (χ4n) is 8.96. The minimum atomic E-state index is 0.595. The number of hydrogen-bond donors (Lipinski definition) is 0. The molecule has 0 spiro atoms. The van der Waals surface area contributed by atoms with Crippen LogP contribution in [0.4, 0.5) is 0 Å². The van der Waals surface area contributed by atoms with Gasteiger partial charge >= 0.3 is 0 Å². The average Bonchev–Trinajstić information content (AvgIpc) is 3.90. The molecule has 61 heavy (non-hydrogen) atoms. The fourth-order valence-corrected chi connectivity index (χ4v) is 10.2. The lowest BCUT2D eigenvalue weighted by Crippen LogP contribution is -2.00. The molecule has 0 amide bonds. The van der Waals surface area contributed by atoms with E-state index in [9.17, 15) is 0 Å². The van der Waals surface area contributed by atoms with Crippen molar-refractivity contribution in [2.75, 3.05) is 0 Å². The van der Waals surface area contributed by atoms with Gasteiger partial charge in [-0.05, 0) is 86.6 Å². The number of thiophene rings is 1. The van der Waals surface area contributed by atoms with Crippen molar-refractivity contribution in [1.82, 2.24) is 15.0 Å². The van der Waals surface area contributed by atoms with Crippen molar-refractivity contribution in [3.05, 3.63) is 188 Å². The molecule has 0 saturated carbocycles. The van der Waals surface area contributed by atoms with Gasteiger partial charge in [0.2, 0.25) is 0 Å². The molecule has 0 bridgehead atoms. The molecule has 0 radical (unpaired) electrons. The highest BCUT2D eigenvalue weighted by atomic mass is 32.1. The maximum atomic E-state index is 6.82. The van der Waals surface area contributed by atoms with E-state index in [0.717, 1.165) is 73.5 Å². The maximum Gasteiger partial charge on any atom is 0.164 e. The van der Waals surface area contributed by atoms with Gasteiger partial charge in [-0.3, -0.25) is 0 Å². The maximum absolute atomic E-state index is 6.82. The van der Waals surface area contributed by atoms with Crippen LogP contribution in [0.25, 0.3) is 120 Å². The molecule has 0 saturated heterocycles. The van der Waals surface area contributed by atoms with Crippen LogP contribution >= 0.6 is 11.3 Å². The van der Waals surface area contributed by atoms with E-state index in [1.807, 2.05) is 23.5 Å². The van der Waals surface area contributed by atoms with Crippen molar-refractivity contribution in [2.45, 2.75) is 19.8 Å². The van der Waals surface area contributed by atoms with E-state index in [-0.39, 0.29) is 0 Å². The Morgan fingerprint density at radius 1 is 0.443 bits per heavy atom. The zero-order valence-electron chi connectivity index (χ0n) is 33.4. The van der Waals surface area contributed by atoms with Gasteiger partial charge in [-0.15, -0.1) is 11.3 Å². The predicted molar refractivity (Wildman–Crippen MR) is 256 cm³/mol. The Morgan fingerprint density at radius 3 is 1.89 bits per heavy atom. The van der Waals surface area contributed by atoms with Crippen LogP contribution in [0.5, 0.6) is 0 Å². The van der Waals surface area contributed by atoms with Gasteiger partial charge in [-0.25, -0.2) is 15.0 Å². The second kappa shape index (κ2) is 14.4. The summed E-state index contributed by atoms with van der Waals surface area (Å²) in [4.78, 5) is 15.7. The molecular formula is C56H37N3OS. The summed E-state index contributed by atoms with van der Waals surface area (Å²) in [6.45, 7) is 2.22. The van der Waals surface area contributed by atoms with Crippen LogP contribution in [0.15, 0.2) is 186 Å². The molecule has 0 N–H and O–H groups in total. The summed E-state index contributed by atoms with van der Waals surface area (Å²) in [5.74, 6) is 1.83. The zero-order chi connectivity index (χ0) is 40.4. The molecule has 0 fully saturated rings. The molecule has 5 heteroatoms. The lowest BCUT2D eigenvalue weighted by molar-refractivity contribution is 0.670. The summed E-state index contributed by atoms with van der Waals surface area (Å²) >= 11 is 1.86. The van der Waals surface area contributed by atoms with Gasteiger partial charge in [-0.1, -0.05) is 159 Å². The van der Waals surface area contributed by atoms with E-state index < -0.39 is 0 Å². The van der Waals surface area contributed by atoms with Crippen LogP contribution in [0.3, 0.4) is 0 Å². The third kappa shape index (κ3) is 6.08. The van der Waals surface area contributed by atoms with E-state index in [4.69, 9.17) is 19.4 Å². The summed E-state index contributed by atoms with van der Waals surface area (Å²) < 4.78 is 9.41. The highest BCUT2D eigenvalue weighted by Crippen LogP contribution is 2.44. The molecule has 3 heterocycles. The summed E-state index contributed by atoms with van der Waals surface area (Å²) in [5, 5.41) is 9.38. The lowest BCUT2D eigenvalue weighted by Gasteiger charge is -2.12. The number of furan rings is 1. The molecule has 4 nitrogen and oxygen atoms in total. The molecule has 0 atom stereocenters. The zero-order valence-corrected chi connectivity index (χ0v) is 34.2. The second-order valence-corrected chi connectivity index (χ2v) is 16.9. The largest absolute Gasteiger partial charge is 0.455 e. The van der Waals surface area contributed by atoms with Crippen LogP contribution in [0.2, 0.25) is 0 Å². The van der Waals surface area contributed by atoms with Gasteiger partial charge in [0.1, 0.15) is 11.2 Å². The Hall–Kier alpha value is -7.47. The van der Waals surface area contributed by atoms with Crippen LogP contribution < -0.4 is 0 Å². The molecule has 0 aliphatic heterocycles. The number of fused-ring (bicyclic) bond motifs is 9. The Labute approximate surface area is 356 Å². The Morgan fingerprint density at radius 2 is 1.07 bits per heavy atom. The van der Waals surface area contributed by atoms with Gasteiger partial charge in [0.15, 0.2) is 17.5 Å². The number of aromatic nitrogens is 3. The van der Waals surface area contributed by atoms with E-state index in [2.05, 4.69) is 177 Å². The number of aryl methyl sites for hydroxylation is 1. The van der Waals surface area contributed by atoms with Crippen molar-refractivity contribution >= 4 is 75.0 Å². The van der Waals surface area contributed by atoms with Crippen LogP contribution in [0, 0.1) is 0 Å². The van der Waals surface area contributed by atoms with Gasteiger partial charge < -0.3 is 4.42 Å². The average molecular weight is 800 g/mol. The summed E-state index contributed by atoms with van der Waals surface area (Å²) in [5.41, 5.74) is 10.2. The predicted octanol–water partition coefficient (Wildman–Crippen LogP) is 15.7. The summed E-state index contributed by atoms with van der Waals surface area (Å²) in [7, 11) is 0. The lowest BCUT2D eigenvalue weighted by atomic mass is 9.96. The third-order valence-electron chi connectivity index (χ3n) is 12.1. The Balaban J connectivity index is 1.03. The van der Waals surface area contributed by atoms with Crippen molar-refractivity contribution in [3.8, 4) is 56.4 Å². The standard InChI is InChI=1S/C56H37N3OS/c1-2-9-34-16-18-36(19-17-34)37-20-23-39(24-21-37)54-57-55(42-25-22-35-10-3-4-12-40(35)32-42)59-56(58-54)47-30-29-43(52-51(47)46-14-7-8-15-49(46)60-52)41-27-31-50-48(33-41)45-28-26-38-11-5-6-13-44(38)53(45)61-50/h3-8,10-33H,2,9H2,1H3. The van der Waals surface area contributed by atoms with Gasteiger partial charge in [0.25, 0.3) is 0 Å². The smallest absolute Gasteiger partial charge is 0.164 e. The third-order valence-corrected chi connectivity index (χ3v) is 13.3. The number of rotatable bonds is 7. The Kier molecular flexibility index (Phi) is 8.36. The molecule has 0 aliphatic rings. The van der Waals surface area contributed by atoms with E-state index in [1.54, 1.807) is 0 Å². The number of benzene rings is 9. The monoisotopic (exact) mass is 799 g/mol. The SMILES string of the molecule is CCCc1ccc(-c2ccc(-c3nc(-c4ccc5ccccc5c4)nc(-c4ccc(-c5ccc6sc7c8ccccc8ccc7c6c5)c5oc6ccccc6c45)n3)cc2)cc1. The first-order valence-corrected chi connectivity index (χ1v) is 21.7. The first-order chi connectivity index (χ1) is 30.1. The van der Waals surface area contributed by atoms with Gasteiger partial charge in [-0.2, -0.15) is 0 Å². The minimum Gasteiger partial charge on any atom is -0.455 e. The van der Waals surface area contributed by atoms with Crippen molar-refractivity contribution < 1.29 is 4.42 Å². The number of hydrogen-bond acceptors (Lipinski definition) is 5. The van der Waals surface area contributed by atoms with E-state index in [1.165, 1.54) is 47.5 Å². The molecule has 12 aromatic rings. The van der Waals surface area contributed by atoms with Crippen molar-refractivity contribution in [2.24, 2.45) is 0 Å². The molecule has 3 aromatic heterocycles. The molecule has 288 valence electrons. The molecule has 9 aromatic carbocycles. The summed E-state index contributed by atoms with van der Waals surface area (Å²) in [6, 6.07) is 64.8. The van der Waals surface area contributed by atoms with Gasteiger partial charge in [0, 0.05) is 53.2 Å². The number of para-hydroxylation sites is 1. The normalized spacial score (nSPS) is 11.8. The first kappa shape index (κ1) is 35.5. The highest BCUT2D eigenvalue weighted by Gasteiger charge is 2.22. The molecule has 0 aliphatic carbocycles. The highest BCUT2D eigenvalue weighted by molar-refractivity contribution is 7.26. The quantitative estimate of drug-likeness (QED) is 0.161. The molecule has 12 rings (SSSR count). The van der Waals surface area contributed by atoms with Gasteiger partial charge in [0.05, 0.1) is 0 Å². The summed E-state index contributed by atoms with van der Waals surface area (Å²) in [6.07, 6.45) is 2.22. The second-order valence-electron chi connectivity index (χ2n) is 15.8. The van der Waals surface area contributed by atoms with E-state index >= 15 is 0 Å². The molecular weight excluding hydrogens is 763 g/mol. The van der Waals surface area contributed by atoms with Crippen molar-refractivity contribution in [3.63, 3.8) is 0 Å². The fraction of sp³-hybridized carbons (Fsp3) is 0.0536. The van der Waals surface area contributed by atoms with Crippen LogP contribution in [-0.2, 0) is 6.42 Å². The first-order valence-electron chi connectivity index (χ1n) is 20.9.